The summed E-state index contributed by atoms with van der Waals surface area (Å²) in [7, 11) is -3.85. The summed E-state index contributed by atoms with van der Waals surface area (Å²) >= 11 is 0. The van der Waals surface area contributed by atoms with Gasteiger partial charge in [-0.05, 0) is 70.6 Å². The Kier molecular flexibility index (Phi) is 6.44. The van der Waals surface area contributed by atoms with Gasteiger partial charge in [0, 0.05) is 37.2 Å². The summed E-state index contributed by atoms with van der Waals surface area (Å²) in [4.78, 5) is 6.50. The van der Waals surface area contributed by atoms with Crippen molar-refractivity contribution in [2.75, 3.05) is 0 Å². The van der Waals surface area contributed by atoms with E-state index in [0.29, 0.717) is 18.7 Å². The monoisotopic (exact) mass is 527 g/mol. The predicted octanol–water partition coefficient (Wildman–Crippen LogP) is 5.07. The highest BCUT2D eigenvalue weighted by Gasteiger charge is 2.38. The van der Waals surface area contributed by atoms with Gasteiger partial charge in [0.2, 0.25) is 0 Å². The van der Waals surface area contributed by atoms with Crippen molar-refractivity contribution in [2.45, 2.75) is 24.2 Å². The van der Waals surface area contributed by atoms with Crippen LogP contribution in [0.4, 0.5) is 13.2 Å². The molecular formula is C25H20F3N5O3S. The summed E-state index contributed by atoms with van der Waals surface area (Å²) in [6.45, 7) is 1.23. The number of halogens is 3. The Hall–Kier alpha value is -4.16. The molecule has 2 aromatic carbocycles. The number of fused-ring (bicyclic) bond motifs is 1. The van der Waals surface area contributed by atoms with Gasteiger partial charge in [0.15, 0.2) is 5.82 Å². The molecule has 3 aromatic heterocycles. The molecular weight excluding hydrogens is 507 g/mol. The van der Waals surface area contributed by atoms with Gasteiger partial charge in [-0.1, -0.05) is 23.4 Å². The van der Waals surface area contributed by atoms with Gasteiger partial charge < -0.3 is 14.8 Å². The van der Waals surface area contributed by atoms with E-state index in [1.165, 1.54) is 42.7 Å². The van der Waals surface area contributed by atoms with Crippen molar-refractivity contribution in [3.05, 3.63) is 102 Å². The van der Waals surface area contributed by atoms with Gasteiger partial charge in [0.1, 0.15) is 0 Å². The molecule has 0 aliphatic heterocycles. The van der Waals surface area contributed by atoms with E-state index in [2.05, 4.69) is 31.0 Å². The maximum absolute atomic E-state index is 13.0. The molecule has 0 saturated carbocycles. The molecule has 0 unspecified atom stereocenters. The van der Waals surface area contributed by atoms with Crippen molar-refractivity contribution in [3.8, 4) is 0 Å². The first kappa shape index (κ1) is 24.5. The van der Waals surface area contributed by atoms with Crippen molar-refractivity contribution < 1.29 is 26.1 Å². The van der Waals surface area contributed by atoms with Gasteiger partial charge in [0.05, 0.1) is 4.90 Å². The number of hydrogen-bond acceptors (Lipinski definition) is 6. The normalized spacial score (nSPS) is 12.6. The van der Waals surface area contributed by atoms with Gasteiger partial charge in [-0.25, -0.2) is 12.4 Å². The highest BCUT2D eigenvalue weighted by molar-refractivity contribution is 7.90. The molecule has 5 rings (SSSR count). The minimum atomic E-state index is -4.74. The molecule has 37 heavy (non-hydrogen) atoms. The lowest BCUT2D eigenvalue weighted by Gasteiger charge is -2.08. The lowest BCUT2D eigenvalue weighted by atomic mass is 10.1. The summed E-state index contributed by atoms with van der Waals surface area (Å²) in [5, 5.41) is 7.73. The Labute approximate surface area is 209 Å². The number of hydrogen-bond donors (Lipinski definition) is 2. The van der Waals surface area contributed by atoms with Crippen molar-refractivity contribution in [3.63, 3.8) is 0 Å². The first-order valence-corrected chi connectivity index (χ1v) is 12.5. The Morgan fingerprint density at radius 3 is 2.51 bits per heavy atom. The number of nitrogens with one attached hydrogen (secondary N) is 2. The summed E-state index contributed by atoms with van der Waals surface area (Å²) in [6, 6.07) is 16.3. The Balaban J connectivity index is 1.20. The highest BCUT2D eigenvalue weighted by atomic mass is 32.2. The van der Waals surface area contributed by atoms with Crippen molar-refractivity contribution in [1.29, 1.82) is 0 Å². The molecule has 0 spiro atoms. The Morgan fingerprint density at radius 2 is 1.76 bits per heavy atom. The third-order valence-electron chi connectivity index (χ3n) is 5.57. The van der Waals surface area contributed by atoms with Crippen LogP contribution in [0.1, 0.15) is 28.4 Å². The fraction of sp³-hybridized carbons (Fsp3) is 0.120. The number of benzene rings is 2. The first-order chi connectivity index (χ1) is 17.7. The van der Waals surface area contributed by atoms with E-state index >= 15 is 0 Å². The summed E-state index contributed by atoms with van der Waals surface area (Å²) in [5.74, 6) is -1.73. The van der Waals surface area contributed by atoms with E-state index < -0.39 is 22.1 Å². The average Bonchev–Trinajstić information content (AvgIpc) is 3.63. The summed E-state index contributed by atoms with van der Waals surface area (Å²) in [5.41, 5.74) is 3.58. The van der Waals surface area contributed by atoms with Crippen LogP contribution in [0.15, 0.2) is 82.6 Å². The van der Waals surface area contributed by atoms with Gasteiger partial charge in [-0.2, -0.15) is 18.2 Å². The maximum Gasteiger partial charge on any atom is 0.471 e. The average molecular weight is 528 g/mol. The van der Waals surface area contributed by atoms with E-state index in [1.54, 1.807) is 12.1 Å². The third kappa shape index (κ3) is 5.49. The van der Waals surface area contributed by atoms with Crippen LogP contribution in [0.3, 0.4) is 0 Å². The zero-order valence-electron chi connectivity index (χ0n) is 19.1. The van der Waals surface area contributed by atoms with Gasteiger partial charge in [0.25, 0.3) is 10.0 Å². The zero-order valence-corrected chi connectivity index (χ0v) is 19.9. The van der Waals surface area contributed by atoms with E-state index in [0.717, 1.165) is 26.0 Å². The standard InChI is InChI=1S/C25H20F3N5O3S/c26-25(27,28)24-31-23(32-36-24)8-4-18-10-12-33(16-18)37(34,35)21-5-1-17(2-6-21)14-29-15-19-3-7-22-20(13-19)9-11-30-22/h1-13,16,29-30H,14-15H2. The first-order valence-electron chi connectivity index (χ1n) is 11.1. The van der Waals surface area contributed by atoms with E-state index in [9.17, 15) is 21.6 Å². The molecule has 0 aliphatic carbocycles. The second-order valence-electron chi connectivity index (χ2n) is 8.22. The molecule has 0 saturated heterocycles. The zero-order chi connectivity index (χ0) is 26.0. The number of alkyl halides is 3. The van der Waals surface area contributed by atoms with Crippen LogP contribution in [0.25, 0.3) is 23.1 Å². The summed E-state index contributed by atoms with van der Waals surface area (Å²) in [6.07, 6.45) is 2.44. The second-order valence-corrected chi connectivity index (χ2v) is 10.1. The van der Waals surface area contributed by atoms with Crippen LogP contribution < -0.4 is 5.32 Å². The Bertz CT molecular complexity index is 1670. The lowest BCUT2D eigenvalue weighted by molar-refractivity contribution is -0.159. The van der Waals surface area contributed by atoms with Crippen LogP contribution >= 0.6 is 0 Å². The fourth-order valence-corrected chi connectivity index (χ4v) is 4.90. The topological polar surface area (TPSA) is 106 Å². The molecule has 0 atom stereocenters. The quantitative estimate of drug-likeness (QED) is 0.292. The van der Waals surface area contributed by atoms with E-state index in [4.69, 9.17) is 0 Å². The molecule has 12 heteroatoms. The molecule has 0 radical (unpaired) electrons. The van der Waals surface area contributed by atoms with Crippen LogP contribution in [-0.2, 0) is 29.3 Å². The fourth-order valence-electron chi connectivity index (χ4n) is 3.69. The number of nitrogens with zero attached hydrogens (tertiary/aromatic N) is 3. The van der Waals surface area contributed by atoms with Gasteiger partial charge >= 0.3 is 12.1 Å². The number of rotatable bonds is 8. The van der Waals surface area contributed by atoms with Crippen molar-refractivity contribution >= 4 is 33.1 Å². The van der Waals surface area contributed by atoms with Crippen molar-refractivity contribution in [1.82, 2.24) is 24.4 Å². The van der Waals surface area contributed by atoms with E-state index in [1.807, 2.05) is 24.4 Å². The molecule has 0 amide bonds. The molecule has 190 valence electrons. The van der Waals surface area contributed by atoms with Crippen molar-refractivity contribution in [2.24, 2.45) is 0 Å². The number of aromatic nitrogens is 4. The van der Waals surface area contributed by atoms with Crippen LogP contribution in [0.5, 0.6) is 0 Å². The van der Waals surface area contributed by atoms with Gasteiger partial charge in [-0.3, -0.25) is 0 Å². The van der Waals surface area contributed by atoms with Crippen LogP contribution in [-0.4, -0.2) is 27.5 Å². The molecule has 0 aliphatic rings. The maximum atomic E-state index is 13.0. The molecule has 3 heterocycles. The Morgan fingerprint density at radius 1 is 1.00 bits per heavy atom. The predicted molar refractivity (Wildman–Crippen MR) is 131 cm³/mol. The highest BCUT2D eigenvalue weighted by Crippen LogP contribution is 2.27. The number of H-pyrrole nitrogens is 1. The molecule has 0 bridgehead atoms. The lowest BCUT2D eigenvalue weighted by Crippen LogP contribution is -2.13. The minimum absolute atomic E-state index is 0.105. The molecule has 2 N–H and O–H groups in total. The van der Waals surface area contributed by atoms with E-state index in [-0.39, 0.29) is 10.7 Å². The number of aromatic amines is 1. The molecule has 8 nitrogen and oxygen atoms in total. The van der Waals surface area contributed by atoms with Crippen LogP contribution in [0.2, 0.25) is 0 Å². The summed E-state index contributed by atoms with van der Waals surface area (Å²) < 4.78 is 68.8. The van der Waals surface area contributed by atoms with Gasteiger partial charge in [-0.15, -0.1) is 0 Å². The van der Waals surface area contributed by atoms with Crippen LogP contribution in [0, 0.1) is 0 Å². The SMILES string of the molecule is O=S(=O)(c1ccc(CNCc2ccc3[nH]ccc3c2)cc1)n1ccc(C=Cc2noc(C(F)(F)F)n2)c1. The molecule has 0 fully saturated rings. The third-order valence-corrected chi connectivity index (χ3v) is 7.22. The smallest absolute Gasteiger partial charge is 0.361 e. The second kappa shape index (κ2) is 9.71. The molecule has 5 aromatic rings. The minimum Gasteiger partial charge on any atom is -0.361 e. The largest absolute Gasteiger partial charge is 0.471 e.